The fraction of sp³-hybridized carbons (Fsp3) is 0.714. The lowest BCUT2D eigenvalue weighted by atomic mass is 9.72. The van der Waals surface area contributed by atoms with Crippen LogP contribution in [0.5, 0.6) is 0 Å². The van der Waals surface area contributed by atoms with Crippen LogP contribution in [0.15, 0.2) is 12.4 Å². The molecule has 2 aliphatic rings. The van der Waals surface area contributed by atoms with Gasteiger partial charge in [0.1, 0.15) is 0 Å². The minimum Gasteiger partial charge on any atom is -0.342 e. The van der Waals surface area contributed by atoms with Crippen molar-refractivity contribution in [2.45, 2.75) is 19.3 Å². The van der Waals surface area contributed by atoms with Crippen LogP contribution >= 0.6 is 0 Å². The van der Waals surface area contributed by atoms with E-state index in [9.17, 15) is 4.79 Å². The van der Waals surface area contributed by atoms with Crippen LogP contribution in [0.4, 0.5) is 0 Å². The minimum atomic E-state index is 0.246. The zero-order valence-electron chi connectivity index (χ0n) is 11.8. The summed E-state index contributed by atoms with van der Waals surface area (Å²) in [5.41, 5.74) is 1.52. The molecule has 2 fully saturated rings. The van der Waals surface area contributed by atoms with Gasteiger partial charge in [-0.1, -0.05) is 0 Å². The average molecular weight is 262 g/mol. The fourth-order valence-electron chi connectivity index (χ4n) is 3.50. The Labute approximate surface area is 114 Å². The first-order valence-corrected chi connectivity index (χ1v) is 7.00. The molecule has 0 aliphatic carbocycles. The molecular formula is C14H22N4O. The van der Waals surface area contributed by atoms with E-state index in [2.05, 4.69) is 17.0 Å². The molecule has 2 saturated heterocycles. The summed E-state index contributed by atoms with van der Waals surface area (Å²) < 4.78 is 1.75. The highest BCUT2D eigenvalue weighted by molar-refractivity contribution is 5.78. The molecule has 0 atom stereocenters. The second-order valence-electron chi connectivity index (χ2n) is 6.25. The molecule has 3 rings (SSSR count). The molecule has 1 spiro atoms. The Morgan fingerprint density at radius 1 is 1.32 bits per heavy atom. The van der Waals surface area contributed by atoms with Crippen LogP contribution in [0.2, 0.25) is 0 Å². The quantitative estimate of drug-likeness (QED) is 0.780. The number of hydrogen-bond donors (Lipinski definition) is 0. The summed E-state index contributed by atoms with van der Waals surface area (Å²) in [4.78, 5) is 16.6. The number of carbonyl (C=O) groups is 1. The van der Waals surface area contributed by atoms with E-state index in [0.29, 0.717) is 11.8 Å². The number of carbonyl (C=O) groups excluding carboxylic acids is 1. The number of nitrogens with zero attached hydrogens (tertiary/aromatic N) is 4. The van der Waals surface area contributed by atoms with Crippen molar-refractivity contribution in [2.24, 2.45) is 12.5 Å². The van der Waals surface area contributed by atoms with E-state index in [1.165, 1.54) is 13.1 Å². The third-order valence-corrected chi connectivity index (χ3v) is 4.50. The van der Waals surface area contributed by atoms with Crippen LogP contribution in [-0.2, 0) is 18.3 Å². The van der Waals surface area contributed by atoms with Gasteiger partial charge >= 0.3 is 0 Å². The summed E-state index contributed by atoms with van der Waals surface area (Å²) in [6.07, 6.45) is 6.52. The van der Waals surface area contributed by atoms with E-state index in [-0.39, 0.29) is 5.91 Å². The number of rotatable bonds is 2. The van der Waals surface area contributed by atoms with Crippen molar-refractivity contribution in [3.63, 3.8) is 0 Å². The zero-order valence-corrected chi connectivity index (χ0v) is 11.8. The molecule has 0 saturated carbocycles. The highest BCUT2D eigenvalue weighted by atomic mass is 16.2. The van der Waals surface area contributed by atoms with Crippen LogP contribution in [0, 0.1) is 5.41 Å². The third kappa shape index (κ3) is 2.52. The highest BCUT2D eigenvalue weighted by Gasteiger charge is 2.43. The Kier molecular flexibility index (Phi) is 3.09. The first-order chi connectivity index (χ1) is 9.06. The molecule has 0 bridgehead atoms. The Morgan fingerprint density at radius 3 is 2.53 bits per heavy atom. The van der Waals surface area contributed by atoms with Crippen molar-refractivity contribution in [3.8, 4) is 0 Å². The fourth-order valence-corrected chi connectivity index (χ4v) is 3.50. The Hall–Kier alpha value is -1.36. The summed E-state index contributed by atoms with van der Waals surface area (Å²) in [5, 5.41) is 4.11. The van der Waals surface area contributed by atoms with Gasteiger partial charge in [0.2, 0.25) is 5.91 Å². The van der Waals surface area contributed by atoms with Crippen LogP contribution in [-0.4, -0.2) is 58.7 Å². The lowest BCUT2D eigenvalue weighted by Gasteiger charge is -2.52. The molecule has 5 nitrogen and oxygen atoms in total. The van der Waals surface area contributed by atoms with Crippen molar-refractivity contribution in [2.75, 3.05) is 33.2 Å². The van der Waals surface area contributed by atoms with E-state index < -0.39 is 0 Å². The van der Waals surface area contributed by atoms with Crippen LogP contribution in [0.1, 0.15) is 18.4 Å². The molecule has 0 N–H and O–H groups in total. The molecule has 1 amide bonds. The molecule has 0 aromatic carbocycles. The van der Waals surface area contributed by atoms with Crippen molar-refractivity contribution in [1.82, 2.24) is 19.6 Å². The second-order valence-corrected chi connectivity index (χ2v) is 6.25. The number of aromatic nitrogens is 2. The number of likely N-dealkylation sites (tertiary alicyclic amines) is 2. The molecule has 5 heteroatoms. The van der Waals surface area contributed by atoms with Gasteiger partial charge < -0.3 is 9.80 Å². The zero-order chi connectivity index (χ0) is 13.5. The van der Waals surface area contributed by atoms with Gasteiger partial charge in [-0.2, -0.15) is 5.10 Å². The smallest absolute Gasteiger partial charge is 0.227 e. The third-order valence-electron chi connectivity index (χ3n) is 4.50. The molecule has 2 aliphatic heterocycles. The molecule has 0 unspecified atom stereocenters. The maximum Gasteiger partial charge on any atom is 0.227 e. The summed E-state index contributed by atoms with van der Waals surface area (Å²) in [7, 11) is 4.05. The standard InChI is InChI=1S/C14H22N4O/c1-16-10-14(11-16)3-5-18(6-4-14)13(19)7-12-8-15-17(2)9-12/h8-9H,3-7,10-11H2,1-2H3. The van der Waals surface area contributed by atoms with Gasteiger partial charge in [0.25, 0.3) is 0 Å². The Balaban J connectivity index is 1.52. The second kappa shape index (κ2) is 4.63. The topological polar surface area (TPSA) is 41.4 Å². The largest absolute Gasteiger partial charge is 0.342 e. The molecule has 0 radical (unpaired) electrons. The number of hydrogen-bond acceptors (Lipinski definition) is 3. The van der Waals surface area contributed by atoms with Crippen LogP contribution < -0.4 is 0 Å². The lowest BCUT2D eigenvalue weighted by molar-refractivity contribution is -0.135. The first-order valence-electron chi connectivity index (χ1n) is 7.00. The predicted octanol–water partition coefficient (Wildman–Crippen LogP) is 0.517. The monoisotopic (exact) mass is 262 g/mol. The van der Waals surface area contributed by atoms with E-state index in [0.717, 1.165) is 31.5 Å². The first kappa shape index (κ1) is 12.7. The van der Waals surface area contributed by atoms with Gasteiger partial charge in [0.15, 0.2) is 0 Å². The molecule has 104 valence electrons. The molecule has 1 aromatic heterocycles. The summed E-state index contributed by atoms with van der Waals surface area (Å²) in [6, 6.07) is 0. The number of piperidine rings is 1. The van der Waals surface area contributed by atoms with Gasteiger partial charge in [0.05, 0.1) is 12.6 Å². The number of amides is 1. The van der Waals surface area contributed by atoms with E-state index in [1.54, 1.807) is 10.9 Å². The molecule has 1 aromatic rings. The van der Waals surface area contributed by atoms with Crippen molar-refractivity contribution < 1.29 is 4.79 Å². The van der Waals surface area contributed by atoms with E-state index in [4.69, 9.17) is 0 Å². The lowest BCUT2D eigenvalue weighted by Crippen LogP contribution is -2.59. The van der Waals surface area contributed by atoms with Gasteiger partial charge in [-0.25, -0.2) is 0 Å². The van der Waals surface area contributed by atoms with Gasteiger partial charge in [-0.3, -0.25) is 9.48 Å². The highest BCUT2D eigenvalue weighted by Crippen LogP contribution is 2.39. The van der Waals surface area contributed by atoms with Crippen LogP contribution in [0.25, 0.3) is 0 Å². The summed E-state index contributed by atoms with van der Waals surface area (Å²) >= 11 is 0. The van der Waals surface area contributed by atoms with Gasteiger partial charge in [-0.05, 0) is 30.9 Å². The van der Waals surface area contributed by atoms with Crippen molar-refractivity contribution in [1.29, 1.82) is 0 Å². The maximum atomic E-state index is 12.2. The molecule has 3 heterocycles. The van der Waals surface area contributed by atoms with Crippen LogP contribution in [0.3, 0.4) is 0 Å². The maximum absolute atomic E-state index is 12.2. The Bertz CT molecular complexity index is 466. The van der Waals surface area contributed by atoms with Gasteiger partial charge in [0, 0.05) is 39.4 Å². The predicted molar refractivity (Wildman–Crippen MR) is 72.7 cm³/mol. The average Bonchev–Trinajstić information content (AvgIpc) is 2.74. The molecule has 19 heavy (non-hydrogen) atoms. The van der Waals surface area contributed by atoms with Crippen molar-refractivity contribution >= 4 is 5.91 Å². The number of aryl methyl sites for hydroxylation is 1. The summed E-state index contributed by atoms with van der Waals surface area (Å²) in [6.45, 7) is 4.26. The summed E-state index contributed by atoms with van der Waals surface area (Å²) in [5.74, 6) is 0.246. The van der Waals surface area contributed by atoms with E-state index in [1.807, 2.05) is 18.1 Å². The van der Waals surface area contributed by atoms with Gasteiger partial charge in [-0.15, -0.1) is 0 Å². The van der Waals surface area contributed by atoms with E-state index >= 15 is 0 Å². The Morgan fingerprint density at radius 2 is 2.00 bits per heavy atom. The SMILES string of the molecule is CN1CC2(CCN(C(=O)Cc3cnn(C)c3)CC2)C1. The van der Waals surface area contributed by atoms with Crippen molar-refractivity contribution in [3.05, 3.63) is 18.0 Å². The normalized spacial score (nSPS) is 22.5. The minimum absolute atomic E-state index is 0.246. The molecular weight excluding hydrogens is 240 g/mol.